The van der Waals surface area contributed by atoms with E-state index in [1.165, 1.54) is 6.08 Å². The summed E-state index contributed by atoms with van der Waals surface area (Å²) in [6, 6.07) is 0. The van der Waals surface area contributed by atoms with Gasteiger partial charge in [0.05, 0.1) is 23.4 Å². The standard InChI is InChI=1S/C20H36O4/c1-7-20(6,24)14-8-9-16(3)17(21)12-10-15(2)11-13-18(22)19(4,5)23/h7,9-10,17-18,21-24H,1,8,11-14H2,2-6H3/b15-10+,16-9+/t17-,18+,20?/m0/s1. The first-order valence-corrected chi connectivity index (χ1v) is 8.66. The Labute approximate surface area is 147 Å². The van der Waals surface area contributed by atoms with Gasteiger partial charge in [0.15, 0.2) is 0 Å². The number of hydrogen-bond donors (Lipinski definition) is 4. The second-order valence-electron chi connectivity index (χ2n) is 7.56. The Balaban J connectivity index is 4.34. The summed E-state index contributed by atoms with van der Waals surface area (Å²) in [6.07, 6.45) is 7.09. The van der Waals surface area contributed by atoms with Crippen LogP contribution >= 0.6 is 0 Å². The normalized spacial score (nSPS) is 18.9. The van der Waals surface area contributed by atoms with Crippen LogP contribution in [0.1, 0.15) is 66.7 Å². The third-order valence-electron chi connectivity index (χ3n) is 4.40. The molecular formula is C20H36O4. The van der Waals surface area contributed by atoms with Gasteiger partial charge in [-0.05, 0) is 72.3 Å². The maximum absolute atomic E-state index is 10.2. The lowest BCUT2D eigenvalue weighted by Crippen LogP contribution is -2.35. The van der Waals surface area contributed by atoms with Gasteiger partial charge >= 0.3 is 0 Å². The molecule has 0 aromatic rings. The smallest absolute Gasteiger partial charge is 0.0849 e. The van der Waals surface area contributed by atoms with E-state index in [4.69, 9.17) is 0 Å². The van der Waals surface area contributed by atoms with Crippen molar-refractivity contribution in [2.45, 2.75) is 90.1 Å². The van der Waals surface area contributed by atoms with Crippen LogP contribution in [0.3, 0.4) is 0 Å². The molecule has 0 heterocycles. The minimum atomic E-state index is -1.09. The van der Waals surface area contributed by atoms with E-state index >= 15 is 0 Å². The highest BCUT2D eigenvalue weighted by molar-refractivity contribution is 5.10. The summed E-state index contributed by atoms with van der Waals surface area (Å²) in [7, 11) is 0. The molecule has 4 nitrogen and oxygen atoms in total. The van der Waals surface area contributed by atoms with Crippen LogP contribution in [0.5, 0.6) is 0 Å². The molecule has 0 aliphatic heterocycles. The highest BCUT2D eigenvalue weighted by Crippen LogP contribution is 2.19. The molecule has 0 radical (unpaired) electrons. The molecule has 0 aromatic carbocycles. The SMILES string of the molecule is C=CC(C)(O)CC/C=C(\C)[C@@H](O)C/C=C(\C)CC[C@@H](O)C(C)(C)O. The van der Waals surface area contributed by atoms with Gasteiger partial charge in [0, 0.05) is 0 Å². The van der Waals surface area contributed by atoms with Crippen molar-refractivity contribution in [1.82, 2.24) is 0 Å². The zero-order valence-electron chi connectivity index (χ0n) is 15.9. The number of aliphatic hydroxyl groups excluding tert-OH is 2. The fraction of sp³-hybridized carbons (Fsp3) is 0.700. The molecule has 4 N–H and O–H groups in total. The molecule has 0 aliphatic rings. The van der Waals surface area contributed by atoms with Crippen LogP contribution < -0.4 is 0 Å². The Hall–Kier alpha value is -0.940. The fourth-order valence-electron chi connectivity index (χ4n) is 2.15. The summed E-state index contributed by atoms with van der Waals surface area (Å²) in [4.78, 5) is 0. The monoisotopic (exact) mass is 340 g/mol. The topological polar surface area (TPSA) is 80.9 Å². The summed E-state index contributed by atoms with van der Waals surface area (Å²) >= 11 is 0. The number of aliphatic hydroxyl groups is 4. The second-order valence-corrected chi connectivity index (χ2v) is 7.56. The first-order chi connectivity index (χ1) is 10.9. The molecule has 0 saturated heterocycles. The molecule has 0 aromatic heterocycles. The lowest BCUT2D eigenvalue weighted by atomic mass is 9.95. The summed E-state index contributed by atoms with van der Waals surface area (Å²) < 4.78 is 0. The van der Waals surface area contributed by atoms with Crippen LogP contribution in [0.25, 0.3) is 0 Å². The van der Waals surface area contributed by atoms with Crippen molar-refractivity contribution >= 4 is 0 Å². The summed E-state index contributed by atoms with van der Waals surface area (Å²) in [5.74, 6) is 0. The molecule has 0 rings (SSSR count). The van der Waals surface area contributed by atoms with Crippen LogP contribution in [-0.2, 0) is 0 Å². The van der Waals surface area contributed by atoms with Gasteiger partial charge in [0.1, 0.15) is 0 Å². The summed E-state index contributed by atoms with van der Waals surface area (Å²) in [5, 5.41) is 39.6. The van der Waals surface area contributed by atoms with E-state index in [2.05, 4.69) is 6.58 Å². The Morgan fingerprint density at radius 3 is 2.17 bits per heavy atom. The maximum atomic E-state index is 10.2. The lowest BCUT2D eigenvalue weighted by molar-refractivity contribution is -0.0509. The average Bonchev–Trinajstić information content (AvgIpc) is 2.48. The van der Waals surface area contributed by atoms with Crippen molar-refractivity contribution in [2.24, 2.45) is 0 Å². The van der Waals surface area contributed by atoms with Crippen molar-refractivity contribution in [3.8, 4) is 0 Å². The van der Waals surface area contributed by atoms with Gasteiger partial charge in [-0.1, -0.05) is 23.8 Å². The molecule has 4 heteroatoms. The molecule has 0 aliphatic carbocycles. The Bertz CT molecular complexity index is 441. The fourth-order valence-corrected chi connectivity index (χ4v) is 2.15. The molecule has 0 spiro atoms. The molecular weight excluding hydrogens is 304 g/mol. The van der Waals surface area contributed by atoms with Crippen LogP contribution in [-0.4, -0.2) is 43.8 Å². The minimum Gasteiger partial charge on any atom is -0.390 e. The molecule has 0 fully saturated rings. The van der Waals surface area contributed by atoms with Crippen molar-refractivity contribution in [3.63, 3.8) is 0 Å². The number of allylic oxidation sites excluding steroid dienone is 2. The van der Waals surface area contributed by atoms with Crippen molar-refractivity contribution in [1.29, 1.82) is 0 Å². The molecule has 0 amide bonds. The number of rotatable bonds is 11. The molecule has 24 heavy (non-hydrogen) atoms. The largest absolute Gasteiger partial charge is 0.390 e. The Morgan fingerprint density at radius 2 is 1.67 bits per heavy atom. The molecule has 3 atom stereocenters. The van der Waals surface area contributed by atoms with E-state index in [1.807, 2.05) is 26.0 Å². The van der Waals surface area contributed by atoms with Gasteiger partial charge < -0.3 is 20.4 Å². The predicted octanol–water partition coefficient (Wildman–Crippen LogP) is 3.26. The Morgan fingerprint density at radius 1 is 1.08 bits per heavy atom. The lowest BCUT2D eigenvalue weighted by Gasteiger charge is -2.24. The van der Waals surface area contributed by atoms with E-state index in [1.54, 1.807) is 20.8 Å². The second kappa shape index (κ2) is 10.1. The van der Waals surface area contributed by atoms with Gasteiger partial charge in [-0.3, -0.25) is 0 Å². The highest BCUT2D eigenvalue weighted by atomic mass is 16.3. The third kappa shape index (κ3) is 10.0. The van der Waals surface area contributed by atoms with Gasteiger partial charge in [-0.2, -0.15) is 0 Å². The average molecular weight is 341 g/mol. The van der Waals surface area contributed by atoms with E-state index in [0.717, 1.165) is 11.1 Å². The Kier molecular flexibility index (Phi) is 9.74. The van der Waals surface area contributed by atoms with Crippen LogP contribution in [0, 0.1) is 0 Å². The van der Waals surface area contributed by atoms with Gasteiger partial charge in [-0.25, -0.2) is 0 Å². The van der Waals surface area contributed by atoms with E-state index in [-0.39, 0.29) is 0 Å². The van der Waals surface area contributed by atoms with E-state index in [9.17, 15) is 20.4 Å². The van der Waals surface area contributed by atoms with Crippen molar-refractivity contribution in [2.75, 3.05) is 0 Å². The maximum Gasteiger partial charge on any atom is 0.0849 e. The van der Waals surface area contributed by atoms with Gasteiger partial charge in [0.2, 0.25) is 0 Å². The van der Waals surface area contributed by atoms with Gasteiger partial charge in [-0.15, -0.1) is 6.58 Å². The van der Waals surface area contributed by atoms with Crippen LogP contribution in [0.2, 0.25) is 0 Å². The predicted molar refractivity (Wildman–Crippen MR) is 99.7 cm³/mol. The molecule has 0 saturated carbocycles. The first-order valence-electron chi connectivity index (χ1n) is 8.66. The molecule has 1 unspecified atom stereocenters. The quantitative estimate of drug-likeness (QED) is 0.435. The van der Waals surface area contributed by atoms with E-state index in [0.29, 0.717) is 32.1 Å². The van der Waals surface area contributed by atoms with E-state index < -0.39 is 23.4 Å². The van der Waals surface area contributed by atoms with Crippen LogP contribution in [0.15, 0.2) is 36.0 Å². The van der Waals surface area contributed by atoms with Crippen molar-refractivity contribution < 1.29 is 20.4 Å². The van der Waals surface area contributed by atoms with Crippen molar-refractivity contribution in [3.05, 3.63) is 36.0 Å². The molecule has 0 bridgehead atoms. The zero-order chi connectivity index (χ0) is 19.0. The highest BCUT2D eigenvalue weighted by Gasteiger charge is 2.23. The zero-order valence-corrected chi connectivity index (χ0v) is 15.9. The molecule has 140 valence electrons. The van der Waals surface area contributed by atoms with Gasteiger partial charge in [0.25, 0.3) is 0 Å². The number of hydrogen-bond acceptors (Lipinski definition) is 4. The van der Waals surface area contributed by atoms with Crippen LogP contribution in [0.4, 0.5) is 0 Å². The summed E-state index contributed by atoms with van der Waals surface area (Å²) in [5.41, 5.74) is 0.000799. The minimum absolute atomic E-state index is 0.493. The summed E-state index contributed by atoms with van der Waals surface area (Å²) in [6.45, 7) is 12.4. The first kappa shape index (κ1) is 23.1. The third-order valence-corrected chi connectivity index (χ3v) is 4.40.